The fraction of sp³-hybridized carbons (Fsp3) is 0.571. The molecule has 0 heterocycles. The lowest BCUT2D eigenvalue weighted by Gasteiger charge is -2.23. The number of carbonyl (C=O) groups excluding carboxylic acids is 1. The highest BCUT2D eigenvalue weighted by molar-refractivity contribution is 6.62. The largest absolute Gasteiger partial charge is 0.571 e. The van der Waals surface area contributed by atoms with Gasteiger partial charge in [-0.2, -0.15) is 0 Å². The topological polar surface area (TPSA) is 44.8 Å². The van der Waals surface area contributed by atoms with Gasteiger partial charge in [-0.1, -0.05) is 6.08 Å². The van der Waals surface area contributed by atoms with Crippen LogP contribution in [0, 0.1) is 0 Å². The summed E-state index contributed by atoms with van der Waals surface area (Å²) in [5.41, 5.74) is 0. The van der Waals surface area contributed by atoms with E-state index in [0.29, 0.717) is 6.04 Å². The van der Waals surface area contributed by atoms with E-state index >= 15 is 0 Å². The lowest BCUT2D eigenvalue weighted by Crippen LogP contribution is -2.44. The number of allylic oxidation sites excluding steroid dienone is 1. The molecule has 0 aromatic rings. The third-order valence-electron chi connectivity index (χ3n) is 1.32. The van der Waals surface area contributed by atoms with E-state index in [1.165, 1.54) is 21.1 Å². The van der Waals surface area contributed by atoms with Gasteiger partial charge in [-0.15, -0.1) is 6.58 Å². The third kappa shape index (κ3) is 3.16. The molecular weight excluding hydrogens is 176 g/mol. The summed E-state index contributed by atoms with van der Waals surface area (Å²) >= 11 is 0. The second-order valence-corrected chi connectivity index (χ2v) is 4.97. The van der Waals surface area contributed by atoms with Crippen LogP contribution in [0.2, 0.25) is 6.04 Å². The third-order valence-corrected chi connectivity index (χ3v) is 3.95. The molecule has 0 aromatic heterocycles. The Morgan fingerprint density at radius 3 is 2.25 bits per heavy atom. The van der Waals surface area contributed by atoms with E-state index in [4.69, 9.17) is 13.3 Å². The van der Waals surface area contributed by atoms with E-state index in [1.807, 2.05) is 0 Å². The van der Waals surface area contributed by atoms with E-state index < -0.39 is 14.8 Å². The van der Waals surface area contributed by atoms with Crippen molar-refractivity contribution in [2.75, 3.05) is 14.2 Å². The smallest absolute Gasteiger partial charge is 0.473 e. The molecule has 0 amide bonds. The average Bonchev–Trinajstić information content (AvgIpc) is 2.03. The van der Waals surface area contributed by atoms with Crippen LogP contribution in [0.5, 0.6) is 0 Å². The summed E-state index contributed by atoms with van der Waals surface area (Å²) in [6.07, 6.45) is 1.61. The SMILES string of the molecule is C=CC[Si](OC)(OC)OC(C)=O. The number of carbonyl (C=O) groups is 1. The Bertz CT molecular complexity index is 165. The van der Waals surface area contributed by atoms with Gasteiger partial charge in [0.15, 0.2) is 0 Å². The van der Waals surface area contributed by atoms with E-state index in [9.17, 15) is 4.79 Å². The average molecular weight is 190 g/mol. The van der Waals surface area contributed by atoms with Gasteiger partial charge >= 0.3 is 8.80 Å². The maximum absolute atomic E-state index is 10.7. The summed E-state index contributed by atoms with van der Waals surface area (Å²) in [5.74, 6) is -0.396. The maximum Gasteiger partial charge on any atom is 0.571 e. The van der Waals surface area contributed by atoms with Crippen molar-refractivity contribution < 1.29 is 18.1 Å². The molecular formula is C7H14O4Si. The highest BCUT2D eigenvalue weighted by Gasteiger charge is 2.40. The van der Waals surface area contributed by atoms with E-state index in [0.717, 1.165) is 0 Å². The van der Waals surface area contributed by atoms with E-state index in [2.05, 4.69) is 6.58 Å². The fourth-order valence-corrected chi connectivity index (χ4v) is 2.31. The Kier molecular flexibility index (Phi) is 4.80. The first kappa shape index (κ1) is 11.3. The molecule has 0 aromatic carbocycles. The summed E-state index contributed by atoms with van der Waals surface area (Å²) in [4.78, 5) is 10.7. The minimum atomic E-state index is -2.77. The Labute approximate surface area is 73.5 Å². The molecule has 0 rings (SSSR count). The number of hydrogen-bond acceptors (Lipinski definition) is 4. The van der Waals surface area contributed by atoms with Gasteiger partial charge in [-0.05, 0) is 0 Å². The molecule has 0 saturated carbocycles. The maximum atomic E-state index is 10.7. The van der Waals surface area contributed by atoms with Crippen LogP contribution in [0.15, 0.2) is 12.7 Å². The summed E-state index contributed by atoms with van der Waals surface area (Å²) in [5, 5.41) is 0. The molecule has 0 bridgehead atoms. The molecule has 0 aliphatic rings. The van der Waals surface area contributed by atoms with Crippen molar-refractivity contribution in [1.82, 2.24) is 0 Å². The molecule has 70 valence electrons. The van der Waals surface area contributed by atoms with Crippen molar-refractivity contribution in [2.45, 2.75) is 13.0 Å². The minimum Gasteiger partial charge on any atom is -0.473 e. The Morgan fingerprint density at radius 1 is 1.50 bits per heavy atom. The van der Waals surface area contributed by atoms with Crippen LogP contribution >= 0.6 is 0 Å². The normalized spacial score (nSPS) is 10.9. The minimum absolute atomic E-state index is 0.396. The molecule has 0 unspecified atom stereocenters. The van der Waals surface area contributed by atoms with E-state index in [-0.39, 0.29) is 0 Å². The van der Waals surface area contributed by atoms with Crippen LogP contribution in [0.3, 0.4) is 0 Å². The predicted molar refractivity (Wildman–Crippen MR) is 46.5 cm³/mol. The van der Waals surface area contributed by atoms with Gasteiger partial charge in [0.05, 0.1) is 0 Å². The fourth-order valence-electron chi connectivity index (χ4n) is 0.771. The highest BCUT2D eigenvalue weighted by Crippen LogP contribution is 2.13. The molecule has 0 spiro atoms. The molecule has 0 fully saturated rings. The van der Waals surface area contributed by atoms with Gasteiger partial charge in [-0.3, -0.25) is 4.79 Å². The lowest BCUT2D eigenvalue weighted by molar-refractivity contribution is -0.136. The van der Waals surface area contributed by atoms with Crippen LogP contribution in [-0.2, 0) is 18.1 Å². The van der Waals surface area contributed by atoms with Crippen molar-refractivity contribution in [2.24, 2.45) is 0 Å². The first-order valence-corrected chi connectivity index (χ1v) is 5.44. The van der Waals surface area contributed by atoms with Crippen molar-refractivity contribution in [3.63, 3.8) is 0 Å². The van der Waals surface area contributed by atoms with Gasteiger partial charge in [0.2, 0.25) is 0 Å². The van der Waals surface area contributed by atoms with Crippen molar-refractivity contribution in [3.8, 4) is 0 Å². The van der Waals surface area contributed by atoms with Gasteiger partial charge in [0.1, 0.15) is 0 Å². The monoisotopic (exact) mass is 190 g/mol. The van der Waals surface area contributed by atoms with Gasteiger partial charge in [0.25, 0.3) is 5.97 Å². The quantitative estimate of drug-likeness (QED) is 0.478. The molecule has 0 saturated heterocycles. The van der Waals surface area contributed by atoms with E-state index in [1.54, 1.807) is 6.08 Å². The van der Waals surface area contributed by atoms with Crippen molar-refractivity contribution >= 4 is 14.8 Å². The van der Waals surface area contributed by atoms with Crippen molar-refractivity contribution in [3.05, 3.63) is 12.7 Å². The number of rotatable bonds is 5. The predicted octanol–water partition coefficient (Wildman–Crippen LogP) is 0.967. The van der Waals surface area contributed by atoms with Gasteiger partial charge in [0, 0.05) is 27.2 Å². The summed E-state index contributed by atoms with van der Waals surface area (Å²) in [6, 6.07) is 0.430. The molecule has 0 aliphatic heterocycles. The molecule has 4 nitrogen and oxygen atoms in total. The zero-order valence-corrected chi connectivity index (χ0v) is 8.62. The first-order chi connectivity index (χ1) is 5.60. The zero-order valence-electron chi connectivity index (χ0n) is 7.62. The molecule has 0 atom stereocenters. The lowest BCUT2D eigenvalue weighted by atomic mass is 10.8. The standard InChI is InChI=1S/C7H14O4Si/c1-5-6-12(9-3,10-4)11-7(2)8/h5H,1,6H2,2-4H3. The first-order valence-electron chi connectivity index (χ1n) is 3.51. The van der Waals surface area contributed by atoms with Crippen LogP contribution in [0.1, 0.15) is 6.92 Å². The van der Waals surface area contributed by atoms with Crippen LogP contribution in [0.25, 0.3) is 0 Å². The van der Waals surface area contributed by atoms with Gasteiger partial charge in [-0.25, -0.2) is 0 Å². The molecule has 5 heteroatoms. The Balaban J connectivity index is 4.33. The molecule has 0 aliphatic carbocycles. The Hall–Kier alpha value is -0.653. The van der Waals surface area contributed by atoms with Crippen LogP contribution in [-0.4, -0.2) is 29.0 Å². The summed E-state index contributed by atoms with van der Waals surface area (Å²) < 4.78 is 15.0. The summed E-state index contributed by atoms with van der Waals surface area (Å²) in [7, 11) is 0.147. The highest BCUT2D eigenvalue weighted by atomic mass is 28.4. The molecule has 12 heavy (non-hydrogen) atoms. The molecule has 0 radical (unpaired) electrons. The van der Waals surface area contributed by atoms with Crippen LogP contribution in [0.4, 0.5) is 0 Å². The second-order valence-electron chi connectivity index (χ2n) is 2.18. The van der Waals surface area contributed by atoms with Crippen molar-refractivity contribution in [1.29, 1.82) is 0 Å². The zero-order chi connectivity index (χ0) is 9.61. The second kappa shape index (κ2) is 5.07. The number of hydrogen-bond donors (Lipinski definition) is 0. The van der Waals surface area contributed by atoms with Gasteiger partial charge < -0.3 is 13.3 Å². The summed E-state index contributed by atoms with van der Waals surface area (Å²) in [6.45, 7) is 4.85. The van der Waals surface area contributed by atoms with Crippen LogP contribution < -0.4 is 0 Å². The molecule has 0 N–H and O–H groups in total. The Morgan fingerprint density at radius 2 is 2.00 bits per heavy atom.